The zero-order valence-corrected chi connectivity index (χ0v) is 17.5. The molecule has 1 saturated heterocycles. The van der Waals surface area contributed by atoms with Gasteiger partial charge in [-0.15, -0.1) is 11.3 Å². The van der Waals surface area contributed by atoms with E-state index < -0.39 is 0 Å². The summed E-state index contributed by atoms with van der Waals surface area (Å²) in [4.78, 5) is 19.4. The van der Waals surface area contributed by atoms with Gasteiger partial charge in [0.2, 0.25) is 5.91 Å². The first-order valence-electron chi connectivity index (χ1n) is 9.57. The maximum Gasteiger partial charge on any atom is 0.228 e. The molecule has 0 spiro atoms. The van der Waals surface area contributed by atoms with Crippen molar-refractivity contribution in [3.05, 3.63) is 29.3 Å². The number of nitrogens with zero attached hydrogens (tertiary/aromatic N) is 3. The molecule has 1 amide bonds. The minimum absolute atomic E-state index is 0.0105. The molecule has 1 aromatic carbocycles. The van der Waals surface area contributed by atoms with Crippen LogP contribution in [0.4, 0.5) is 0 Å². The van der Waals surface area contributed by atoms with Gasteiger partial charge in [-0.25, -0.2) is 4.98 Å². The van der Waals surface area contributed by atoms with E-state index in [4.69, 9.17) is 19.5 Å². The minimum Gasteiger partial charge on any atom is -0.493 e. The van der Waals surface area contributed by atoms with Crippen molar-refractivity contribution in [3.63, 3.8) is 0 Å². The van der Waals surface area contributed by atoms with E-state index >= 15 is 0 Å². The first kappa shape index (κ1) is 21.1. The lowest BCUT2D eigenvalue weighted by molar-refractivity contribution is -0.134. The number of hydrogen-bond acceptors (Lipinski definition) is 7. The smallest absolute Gasteiger partial charge is 0.228 e. The summed E-state index contributed by atoms with van der Waals surface area (Å²) in [6, 6.07) is 7.92. The van der Waals surface area contributed by atoms with E-state index in [0.29, 0.717) is 37.7 Å². The first-order chi connectivity index (χ1) is 14.2. The number of nitriles is 1. The Labute approximate surface area is 174 Å². The Hall–Kier alpha value is -2.63. The number of rotatable bonds is 8. The molecule has 0 N–H and O–H groups in total. The fraction of sp³-hybridized carbons (Fsp3) is 0.476. The zero-order valence-electron chi connectivity index (χ0n) is 16.7. The molecule has 0 radical (unpaired) electrons. The van der Waals surface area contributed by atoms with E-state index in [2.05, 4.69) is 11.1 Å². The van der Waals surface area contributed by atoms with Gasteiger partial charge in [0.05, 0.1) is 38.8 Å². The summed E-state index contributed by atoms with van der Waals surface area (Å²) in [5, 5.41) is 11.7. The lowest BCUT2D eigenvalue weighted by Gasteiger charge is -2.33. The van der Waals surface area contributed by atoms with Crippen LogP contribution in [-0.4, -0.2) is 55.8 Å². The lowest BCUT2D eigenvalue weighted by Crippen LogP contribution is -2.44. The van der Waals surface area contributed by atoms with Crippen LogP contribution in [0.1, 0.15) is 25.0 Å². The van der Waals surface area contributed by atoms with Gasteiger partial charge in [0.15, 0.2) is 11.5 Å². The average Bonchev–Trinajstić information content (AvgIpc) is 3.22. The van der Waals surface area contributed by atoms with Crippen molar-refractivity contribution in [2.45, 2.75) is 31.7 Å². The third kappa shape index (κ3) is 5.25. The summed E-state index contributed by atoms with van der Waals surface area (Å²) in [5.41, 5.74) is 1.65. The van der Waals surface area contributed by atoms with Crippen molar-refractivity contribution in [2.75, 3.05) is 34.0 Å². The van der Waals surface area contributed by atoms with Gasteiger partial charge in [0, 0.05) is 36.7 Å². The molecule has 29 heavy (non-hydrogen) atoms. The summed E-state index contributed by atoms with van der Waals surface area (Å²) in [6.07, 6.45) is 2.18. The van der Waals surface area contributed by atoms with Crippen LogP contribution in [0.2, 0.25) is 0 Å². The van der Waals surface area contributed by atoms with Gasteiger partial charge < -0.3 is 19.1 Å². The molecule has 3 rings (SSSR count). The van der Waals surface area contributed by atoms with Crippen molar-refractivity contribution in [1.82, 2.24) is 9.88 Å². The SMILES string of the molecule is COc1ccc(-c2nc(CC(=O)N(CCC#N)C3CCOCC3)cs2)cc1OC. The Bertz CT molecular complexity index is 871. The molecule has 0 saturated carbocycles. The van der Waals surface area contributed by atoms with Crippen molar-refractivity contribution in [3.8, 4) is 28.1 Å². The highest BCUT2D eigenvalue weighted by molar-refractivity contribution is 7.13. The van der Waals surface area contributed by atoms with Gasteiger partial charge >= 0.3 is 0 Å². The predicted molar refractivity (Wildman–Crippen MR) is 110 cm³/mol. The number of thiazole rings is 1. The van der Waals surface area contributed by atoms with E-state index in [1.165, 1.54) is 11.3 Å². The van der Waals surface area contributed by atoms with Crippen LogP contribution in [0.15, 0.2) is 23.6 Å². The quantitative estimate of drug-likeness (QED) is 0.658. The molecule has 7 nitrogen and oxygen atoms in total. The van der Waals surface area contributed by atoms with E-state index in [9.17, 15) is 4.79 Å². The van der Waals surface area contributed by atoms with Crippen LogP contribution >= 0.6 is 11.3 Å². The monoisotopic (exact) mass is 415 g/mol. The number of amides is 1. The molecule has 0 unspecified atom stereocenters. The molecule has 0 aliphatic carbocycles. The van der Waals surface area contributed by atoms with E-state index in [-0.39, 0.29) is 18.4 Å². The van der Waals surface area contributed by atoms with Gasteiger partial charge in [0.25, 0.3) is 0 Å². The van der Waals surface area contributed by atoms with Crippen LogP contribution in [0, 0.1) is 11.3 Å². The van der Waals surface area contributed by atoms with Crippen molar-refractivity contribution in [2.24, 2.45) is 0 Å². The maximum atomic E-state index is 13.0. The minimum atomic E-state index is 0.0105. The number of ether oxygens (including phenoxy) is 3. The highest BCUT2D eigenvalue weighted by atomic mass is 32.1. The zero-order chi connectivity index (χ0) is 20.6. The Kier molecular flexibility index (Phi) is 7.44. The first-order valence-corrected chi connectivity index (χ1v) is 10.4. The molecule has 2 heterocycles. The second-order valence-corrected chi connectivity index (χ2v) is 7.59. The normalized spacial score (nSPS) is 14.2. The topological polar surface area (TPSA) is 84.7 Å². The molecule has 0 atom stereocenters. The fourth-order valence-electron chi connectivity index (χ4n) is 3.42. The van der Waals surface area contributed by atoms with Crippen molar-refractivity contribution in [1.29, 1.82) is 5.26 Å². The second-order valence-electron chi connectivity index (χ2n) is 6.73. The van der Waals surface area contributed by atoms with Crippen molar-refractivity contribution >= 4 is 17.2 Å². The van der Waals surface area contributed by atoms with E-state index in [0.717, 1.165) is 29.1 Å². The van der Waals surface area contributed by atoms with Crippen LogP contribution in [0.3, 0.4) is 0 Å². The number of carbonyl (C=O) groups excluding carboxylic acids is 1. The average molecular weight is 416 g/mol. The van der Waals surface area contributed by atoms with Crippen LogP contribution in [0.25, 0.3) is 10.6 Å². The summed E-state index contributed by atoms with van der Waals surface area (Å²) >= 11 is 1.49. The maximum absolute atomic E-state index is 13.0. The molecule has 1 fully saturated rings. The highest BCUT2D eigenvalue weighted by Gasteiger charge is 2.26. The fourth-order valence-corrected chi connectivity index (χ4v) is 4.24. The Morgan fingerprint density at radius 1 is 1.31 bits per heavy atom. The van der Waals surface area contributed by atoms with Gasteiger partial charge in [0.1, 0.15) is 5.01 Å². The van der Waals surface area contributed by atoms with E-state index in [1.807, 2.05) is 28.5 Å². The summed E-state index contributed by atoms with van der Waals surface area (Å²) < 4.78 is 16.0. The lowest BCUT2D eigenvalue weighted by atomic mass is 10.1. The predicted octanol–water partition coefficient (Wildman–Crippen LogP) is 3.29. The second kappa shape index (κ2) is 10.2. The van der Waals surface area contributed by atoms with Gasteiger partial charge in [-0.2, -0.15) is 5.26 Å². The standard InChI is InChI=1S/C21H25N3O4S/c1-26-18-5-4-15(12-19(18)27-2)21-23-16(14-29-21)13-20(25)24(9-3-8-22)17-6-10-28-11-7-17/h4-5,12,14,17H,3,6-7,9-11,13H2,1-2H3. The molecule has 1 aliphatic rings. The molecule has 1 aliphatic heterocycles. The number of carbonyl (C=O) groups is 1. The Morgan fingerprint density at radius 2 is 2.07 bits per heavy atom. The van der Waals surface area contributed by atoms with Gasteiger partial charge in [-0.3, -0.25) is 4.79 Å². The number of hydrogen-bond donors (Lipinski definition) is 0. The molecule has 0 bridgehead atoms. The third-order valence-corrected chi connectivity index (χ3v) is 5.87. The van der Waals surface area contributed by atoms with Crippen LogP contribution in [-0.2, 0) is 16.0 Å². The molecule has 1 aromatic heterocycles. The molecular formula is C21H25N3O4S. The van der Waals surface area contributed by atoms with Gasteiger partial charge in [-0.05, 0) is 31.0 Å². The molecule has 2 aromatic rings. The number of aromatic nitrogens is 1. The third-order valence-electron chi connectivity index (χ3n) is 4.93. The molecule has 154 valence electrons. The Morgan fingerprint density at radius 3 is 2.76 bits per heavy atom. The summed E-state index contributed by atoms with van der Waals surface area (Å²) in [6.45, 7) is 1.76. The summed E-state index contributed by atoms with van der Waals surface area (Å²) in [5.74, 6) is 1.31. The van der Waals surface area contributed by atoms with E-state index in [1.54, 1.807) is 14.2 Å². The summed E-state index contributed by atoms with van der Waals surface area (Å²) in [7, 11) is 3.20. The largest absolute Gasteiger partial charge is 0.493 e. The molecular weight excluding hydrogens is 390 g/mol. The Balaban J connectivity index is 1.72. The molecule has 8 heteroatoms. The number of benzene rings is 1. The highest BCUT2D eigenvalue weighted by Crippen LogP contribution is 2.33. The van der Waals surface area contributed by atoms with Crippen LogP contribution < -0.4 is 9.47 Å². The van der Waals surface area contributed by atoms with Crippen LogP contribution in [0.5, 0.6) is 11.5 Å². The van der Waals surface area contributed by atoms with Gasteiger partial charge in [-0.1, -0.05) is 0 Å². The number of methoxy groups -OCH3 is 2. The van der Waals surface area contributed by atoms with Crippen molar-refractivity contribution < 1.29 is 19.0 Å².